The molecule has 0 unspecified atom stereocenters. The highest BCUT2D eigenvalue weighted by atomic mass is 16.4. The van der Waals surface area contributed by atoms with E-state index in [1.54, 1.807) is 13.8 Å². The Morgan fingerprint density at radius 1 is 1.36 bits per heavy atom. The molecule has 2 N–H and O–H groups in total. The number of carbonyl (C=O) groups is 2. The Bertz CT molecular complexity index is 803. The van der Waals surface area contributed by atoms with Gasteiger partial charge in [0.25, 0.3) is 11.5 Å². The van der Waals surface area contributed by atoms with Crippen LogP contribution >= 0.6 is 0 Å². The molecule has 0 aliphatic heterocycles. The quantitative estimate of drug-likeness (QED) is 0.855. The highest BCUT2D eigenvalue weighted by Crippen LogP contribution is 2.09. The zero-order valence-corrected chi connectivity index (χ0v) is 12.3. The first-order valence-electron chi connectivity index (χ1n) is 6.46. The average molecular weight is 305 g/mol. The maximum absolute atomic E-state index is 12.2. The van der Waals surface area contributed by atoms with Gasteiger partial charge >= 0.3 is 5.97 Å². The molecule has 0 radical (unpaired) electrons. The monoisotopic (exact) mass is 305 g/mol. The van der Waals surface area contributed by atoms with E-state index in [1.807, 2.05) is 0 Å². The standard InChI is InChI=1S/C14H15N3O5/c1-7-8(2)16-17(3)13(19)11(7)12(18)15-6-9-4-5-10(22-9)14(20)21/h4-5H,6H2,1-3H3,(H,15,18)(H,20,21). The van der Waals surface area contributed by atoms with Crippen LogP contribution in [0.4, 0.5) is 0 Å². The third-order valence-corrected chi connectivity index (χ3v) is 3.25. The molecule has 2 aromatic rings. The van der Waals surface area contributed by atoms with Crippen molar-refractivity contribution < 1.29 is 19.1 Å². The summed E-state index contributed by atoms with van der Waals surface area (Å²) in [5.41, 5.74) is 0.607. The average Bonchev–Trinajstić information content (AvgIpc) is 2.92. The highest BCUT2D eigenvalue weighted by Gasteiger charge is 2.18. The van der Waals surface area contributed by atoms with E-state index in [1.165, 1.54) is 19.2 Å². The van der Waals surface area contributed by atoms with Gasteiger partial charge in [-0.1, -0.05) is 0 Å². The van der Waals surface area contributed by atoms with Gasteiger partial charge in [0.2, 0.25) is 5.76 Å². The van der Waals surface area contributed by atoms with Crippen molar-refractivity contribution in [3.63, 3.8) is 0 Å². The molecular formula is C14H15N3O5. The van der Waals surface area contributed by atoms with Gasteiger partial charge < -0.3 is 14.8 Å². The summed E-state index contributed by atoms with van der Waals surface area (Å²) in [6, 6.07) is 2.75. The second-order valence-corrected chi connectivity index (χ2v) is 4.77. The largest absolute Gasteiger partial charge is 0.475 e. The smallest absolute Gasteiger partial charge is 0.371 e. The molecule has 0 aliphatic carbocycles. The second kappa shape index (κ2) is 5.84. The summed E-state index contributed by atoms with van der Waals surface area (Å²) in [4.78, 5) is 34.9. The molecule has 2 rings (SSSR count). The number of carboxylic acid groups (broad SMARTS) is 1. The number of aromatic carboxylic acids is 1. The van der Waals surface area contributed by atoms with Crippen molar-refractivity contribution in [2.45, 2.75) is 20.4 Å². The Morgan fingerprint density at radius 2 is 2.05 bits per heavy atom. The van der Waals surface area contributed by atoms with Crippen LogP contribution in [0, 0.1) is 13.8 Å². The lowest BCUT2D eigenvalue weighted by Crippen LogP contribution is -2.34. The molecule has 0 spiro atoms. The zero-order chi connectivity index (χ0) is 16.4. The molecule has 22 heavy (non-hydrogen) atoms. The number of rotatable bonds is 4. The van der Waals surface area contributed by atoms with Gasteiger partial charge in [-0.2, -0.15) is 5.10 Å². The Morgan fingerprint density at radius 3 is 2.64 bits per heavy atom. The van der Waals surface area contributed by atoms with E-state index >= 15 is 0 Å². The maximum atomic E-state index is 12.2. The Hall–Kier alpha value is -2.90. The predicted molar refractivity (Wildman–Crippen MR) is 75.8 cm³/mol. The first kappa shape index (κ1) is 15.5. The summed E-state index contributed by atoms with van der Waals surface area (Å²) in [6.45, 7) is 3.33. The van der Waals surface area contributed by atoms with E-state index < -0.39 is 17.4 Å². The van der Waals surface area contributed by atoms with Gasteiger partial charge in [-0.3, -0.25) is 9.59 Å². The molecular weight excluding hydrogens is 290 g/mol. The van der Waals surface area contributed by atoms with Crippen LogP contribution < -0.4 is 10.9 Å². The highest BCUT2D eigenvalue weighted by molar-refractivity contribution is 5.95. The number of aromatic nitrogens is 2. The number of aryl methyl sites for hydroxylation is 2. The molecule has 0 fully saturated rings. The van der Waals surface area contributed by atoms with Crippen LogP contribution in [0.15, 0.2) is 21.3 Å². The number of carbonyl (C=O) groups excluding carboxylic acids is 1. The summed E-state index contributed by atoms with van der Waals surface area (Å²) in [5.74, 6) is -1.67. The molecule has 0 atom stereocenters. The van der Waals surface area contributed by atoms with Gasteiger partial charge in [0.05, 0.1) is 12.2 Å². The molecule has 1 amide bonds. The number of nitrogens with zero attached hydrogens (tertiary/aromatic N) is 2. The third-order valence-electron chi connectivity index (χ3n) is 3.25. The van der Waals surface area contributed by atoms with Crippen LogP contribution in [0.2, 0.25) is 0 Å². The van der Waals surface area contributed by atoms with Gasteiger partial charge in [0.1, 0.15) is 11.3 Å². The SMILES string of the molecule is Cc1nn(C)c(=O)c(C(=O)NCc2ccc(C(=O)O)o2)c1C. The molecule has 0 aromatic carbocycles. The topological polar surface area (TPSA) is 114 Å². The van der Waals surface area contributed by atoms with Gasteiger partial charge in [0, 0.05) is 7.05 Å². The minimum absolute atomic E-state index is 0.0139. The van der Waals surface area contributed by atoms with E-state index in [0.29, 0.717) is 11.3 Å². The van der Waals surface area contributed by atoms with Crippen molar-refractivity contribution in [2.75, 3.05) is 0 Å². The van der Waals surface area contributed by atoms with Gasteiger partial charge in [-0.25, -0.2) is 9.48 Å². The van der Waals surface area contributed by atoms with Crippen LogP contribution in [0.5, 0.6) is 0 Å². The number of hydrogen-bond acceptors (Lipinski definition) is 5. The lowest BCUT2D eigenvalue weighted by Gasteiger charge is -2.09. The van der Waals surface area contributed by atoms with Crippen molar-refractivity contribution in [3.05, 3.63) is 50.8 Å². The molecule has 8 heteroatoms. The lowest BCUT2D eigenvalue weighted by atomic mass is 10.1. The van der Waals surface area contributed by atoms with Gasteiger partial charge in [-0.15, -0.1) is 0 Å². The van der Waals surface area contributed by atoms with Crippen LogP contribution in [0.25, 0.3) is 0 Å². The molecule has 2 aromatic heterocycles. The summed E-state index contributed by atoms with van der Waals surface area (Å²) in [6.07, 6.45) is 0. The molecule has 0 saturated heterocycles. The summed E-state index contributed by atoms with van der Waals surface area (Å²) < 4.78 is 6.13. The number of furan rings is 1. The van der Waals surface area contributed by atoms with E-state index in [-0.39, 0.29) is 23.6 Å². The summed E-state index contributed by atoms with van der Waals surface area (Å²) in [7, 11) is 1.47. The van der Waals surface area contributed by atoms with Crippen LogP contribution in [0.3, 0.4) is 0 Å². The lowest BCUT2D eigenvalue weighted by molar-refractivity contribution is 0.0660. The van der Waals surface area contributed by atoms with Crippen molar-refractivity contribution in [2.24, 2.45) is 7.05 Å². The predicted octanol–water partition coefficient (Wildman–Crippen LogP) is 0.618. The normalized spacial score (nSPS) is 10.5. The Balaban J connectivity index is 2.19. The molecule has 116 valence electrons. The van der Waals surface area contributed by atoms with E-state index in [4.69, 9.17) is 9.52 Å². The fourth-order valence-corrected chi connectivity index (χ4v) is 1.96. The third kappa shape index (κ3) is 2.90. The van der Waals surface area contributed by atoms with Crippen molar-refractivity contribution in [1.82, 2.24) is 15.1 Å². The van der Waals surface area contributed by atoms with Crippen LogP contribution in [-0.4, -0.2) is 26.8 Å². The fraction of sp³-hybridized carbons (Fsp3) is 0.286. The van der Waals surface area contributed by atoms with Gasteiger partial charge in [0.15, 0.2) is 0 Å². The van der Waals surface area contributed by atoms with Crippen molar-refractivity contribution >= 4 is 11.9 Å². The van der Waals surface area contributed by atoms with E-state index in [0.717, 1.165) is 4.68 Å². The van der Waals surface area contributed by atoms with E-state index in [2.05, 4.69) is 10.4 Å². The minimum atomic E-state index is -1.19. The maximum Gasteiger partial charge on any atom is 0.371 e. The van der Waals surface area contributed by atoms with Crippen LogP contribution in [0.1, 0.15) is 37.9 Å². The molecule has 2 heterocycles. The van der Waals surface area contributed by atoms with Crippen molar-refractivity contribution in [3.8, 4) is 0 Å². The summed E-state index contributed by atoms with van der Waals surface area (Å²) >= 11 is 0. The second-order valence-electron chi connectivity index (χ2n) is 4.77. The summed E-state index contributed by atoms with van der Waals surface area (Å²) in [5, 5.41) is 15.3. The number of hydrogen-bond donors (Lipinski definition) is 2. The number of nitrogens with one attached hydrogen (secondary N) is 1. The van der Waals surface area contributed by atoms with Crippen LogP contribution in [-0.2, 0) is 13.6 Å². The zero-order valence-electron chi connectivity index (χ0n) is 12.3. The first-order valence-corrected chi connectivity index (χ1v) is 6.46. The Kier molecular flexibility index (Phi) is 4.11. The van der Waals surface area contributed by atoms with Gasteiger partial charge in [-0.05, 0) is 31.5 Å². The Labute approximate surface area is 125 Å². The van der Waals surface area contributed by atoms with E-state index in [9.17, 15) is 14.4 Å². The molecule has 0 bridgehead atoms. The molecule has 8 nitrogen and oxygen atoms in total. The first-order chi connectivity index (χ1) is 10.3. The molecule has 0 saturated carbocycles. The fourth-order valence-electron chi connectivity index (χ4n) is 1.96. The van der Waals surface area contributed by atoms with Crippen molar-refractivity contribution in [1.29, 1.82) is 0 Å². The minimum Gasteiger partial charge on any atom is -0.475 e. The number of carboxylic acids is 1. The number of amides is 1. The molecule has 0 aliphatic rings.